The van der Waals surface area contributed by atoms with Crippen LogP contribution in [-0.4, -0.2) is 17.6 Å². The van der Waals surface area contributed by atoms with Crippen molar-refractivity contribution in [1.29, 1.82) is 0 Å². The number of phenols is 1. The number of thiophene rings is 1. The van der Waals surface area contributed by atoms with Gasteiger partial charge in [0, 0.05) is 6.54 Å². The minimum atomic E-state index is 0.0132. The van der Waals surface area contributed by atoms with Crippen molar-refractivity contribution < 1.29 is 9.90 Å². The van der Waals surface area contributed by atoms with E-state index in [0.717, 1.165) is 35.3 Å². The lowest BCUT2D eigenvalue weighted by molar-refractivity contribution is 0.0987. The van der Waals surface area contributed by atoms with Crippen molar-refractivity contribution in [3.63, 3.8) is 0 Å². The van der Waals surface area contributed by atoms with Gasteiger partial charge in [0.25, 0.3) is 5.91 Å². The maximum absolute atomic E-state index is 12.8. The Labute approximate surface area is 122 Å². The fourth-order valence-electron chi connectivity index (χ4n) is 2.76. The van der Waals surface area contributed by atoms with Crippen LogP contribution in [0.1, 0.15) is 34.1 Å². The number of carbonyl (C=O) groups excluding carboxylic acids is 1. The number of phenolic OH excluding ortho intramolecular Hbond substituents is 1. The number of carbonyl (C=O) groups is 1. The molecule has 2 aromatic rings. The number of anilines is 1. The fourth-order valence-corrected chi connectivity index (χ4v) is 3.70. The molecule has 0 atom stereocenters. The molecule has 1 aromatic carbocycles. The molecule has 4 heteroatoms. The molecule has 0 unspecified atom stereocenters. The van der Waals surface area contributed by atoms with Crippen LogP contribution >= 0.6 is 11.3 Å². The van der Waals surface area contributed by atoms with Crippen LogP contribution in [0, 0.1) is 0 Å². The summed E-state index contributed by atoms with van der Waals surface area (Å²) in [6, 6.07) is 7.49. The highest BCUT2D eigenvalue weighted by Crippen LogP contribution is 2.37. The number of aromatic hydroxyl groups is 1. The molecule has 1 N–H and O–H groups in total. The van der Waals surface area contributed by atoms with Gasteiger partial charge in [-0.3, -0.25) is 4.79 Å². The van der Waals surface area contributed by atoms with Gasteiger partial charge in [-0.25, -0.2) is 0 Å². The van der Waals surface area contributed by atoms with Gasteiger partial charge < -0.3 is 10.0 Å². The minimum Gasteiger partial charge on any atom is -0.506 e. The SMILES string of the molecule is CCc1ccsc1C(=O)N1CCCc2cccc(O)c21. The van der Waals surface area contributed by atoms with Gasteiger partial charge in [-0.1, -0.05) is 19.1 Å². The number of rotatable bonds is 2. The third-order valence-corrected chi connectivity index (χ3v) is 4.71. The Morgan fingerprint density at radius 3 is 3.05 bits per heavy atom. The molecule has 0 bridgehead atoms. The second-order valence-corrected chi connectivity index (χ2v) is 5.89. The summed E-state index contributed by atoms with van der Waals surface area (Å²) in [5.74, 6) is 0.212. The Morgan fingerprint density at radius 1 is 1.40 bits per heavy atom. The standard InChI is InChI=1S/C16H17NO2S/c1-2-11-8-10-20-15(11)16(19)17-9-4-6-12-5-3-7-13(18)14(12)17/h3,5,7-8,10,18H,2,4,6,9H2,1H3. The average molecular weight is 287 g/mol. The largest absolute Gasteiger partial charge is 0.506 e. The molecule has 0 saturated heterocycles. The second-order valence-electron chi connectivity index (χ2n) is 4.97. The number of hydrogen-bond donors (Lipinski definition) is 1. The molecule has 1 amide bonds. The Hall–Kier alpha value is -1.81. The van der Waals surface area contributed by atoms with Gasteiger partial charge >= 0.3 is 0 Å². The quantitative estimate of drug-likeness (QED) is 0.916. The second kappa shape index (κ2) is 5.29. The summed E-state index contributed by atoms with van der Waals surface area (Å²) >= 11 is 1.48. The number of para-hydroxylation sites is 1. The van der Waals surface area contributed by atoms with E-state index < -0.39 is 0 Å². The van der Waals surface area contributed by atoms with E-state index in [1.807, 2.05) is 23.6 Å². The van der Waals surface area contributed by atoms with E-state index in [1.54, 1.807) is 11.0 Å². The van der Waals surface area contributed by atoms with Gasteiger partial charge in [-0.15, -0.1) is 11.3 Å². The van der Waals surface area contributed by atoms with Crippen LogP contribution < -0.4 is 4.90 Å². The lowest BCUT2D eigenvalue weighted by atomic mass is 10.0. The zero-order valence-electron chi connectivity index (χ0n) is 11.4. The summed E-state index contributed by atoms with van der Waals surface area (Å²) in [5.41, 5.74) is 2.83. The molecule has 1 aromatic heterocycles. The molecule has 104 valence electrons. The lowest BCUT2D eigenvalue weighted by Crippen LogP contribution is -2.35. The lowest BCUT2D eigenvalue weighted by Gasteiger charge is -2.30. The maximum atomic E-state index is 12.8. The topological polar surface area (TPSA) is 40.5 Å². The normalized spacial score (nSPS) is 14.2. The smallest absolute Gasteiger partial charge is 0.268 e. The maximum Gasteiger partial charge on any atom is 0.268 e. The van der Waals surface area contributed by atoms with Gasteiger partial charge in [-0.05, 0) is 47.9 Å². The number of amides is 1. The molecule has 2 heterocycles. The number of aryl methyl sites for hydroxylation is 2. The third-order valence-electron chi connectivity index (χ3n) is 3.76. The van der Waals surface area contributed by atoms with Crippen molar-refractivity contribution in [2.45, 2.75) is 26.2 Å². The zero-order chi connectivity index (χ0) is 14.1. The number of nitrogens with zero attached hydrogens (tertiary/aromatic N) is 1. The fraction of sp³-hybridized carbons (Fsp3) is 0.312. The Balaban J connectivity index is 2.03. The number of hydrogen-bond acceptors (Lipinski definition) is 3. The van der Waals surface area contributed by atoms with Gasteiger partial charge in [0.15, 0.2) is 0 Å². The summed E-state index contributed by atoms with van der Waals surface area (Å²) in [6.45, 7) is 2.73. The van der Waals surface area contributed by atoms with Crippen molar-refractivity contribution in [2.75, 3.05) is 11.4 Å². The van der Waals surface area contributed by atoms with Crippen LogP contribution in [0.15, 0.2) is 29.6 Å². The van der Waals surface area contributed by atoms with E-state index in [-0.39, 0.29) is 11.7 Å². The van der Waals surface area contributed by atoms with Crippen LogP contribution in [0.5, 0.6) is 5.75 Å². The molecule has 3 rings (SSSR count). The van der Waals surface area contributed by atoms with E-state index in [2.05, 4.69) is 6.92 Å². The molecule has 0 spiro atoms. The summed E-state index contributed by atoms with van der Waals surface area (Å²) in [7, 11) is 0. The van der Waals surface area contributed by atoms with Crippen molar-refractivity contribution in [3.8, 4) is 5.75 Å². The van der Waals surface area contributed by atoms with E-state index in [4.69, 9.17) is 0 Å². The first-order valence-corrected chi connectivity index (χ1v) is 7.79. The summed E-state index contributed by atoms with van der Waals surface area (Å²) < 4.78 is 0. The summed E-state index contributed by atoms with van der Waals surface area (Å²) in [6.07, 6.45) is 2.71. The van der Waals surface area contributed by atoms with Crippen molar-refractivity contribution in [1.82, 2.24) is 0 Å². The molecule has 1 aliphatic heterocycles. The van der Waals surface area contributed by atoms with E-state index in [0.29, 0.717) is 12.2 Å². The zero-order valence-corrected chi connectivity index (χ0v) is 12.2. The first-order valence-electron chi connectivity index (χ1n) is 6.91. The highest BCUT2D eigenvalue weighted by Gasteiger charge is 2.27. The summed E-state index contributed by atoms with van der Waals surface area (Å²) in [4.78, 5) is 15.3. The highest BCUT2D eigenvalue weighted by molar-refractivity contribution is 7.12. The van der Waals surface area contributed by atoms with E-state index >= 15 is 0 Å². The molecule has 0 fully saturated rings. The van der Waals surface area contributed by atoms with Gasteiger partial charge in [0.05, 0.1) is 10.6 Å². The Morgan fingerprint density at radius 2 is 2.25 bits per heavy atom. The molecule has 20 heavy (non-hydrogen) atoms. The van der Waals surface area contributed by atoms with Crippen LogP contribution in [0.4, 0.5) is 5.69 Å². The van der Waals surface area contributed by atoms with Crippen LogP contribution in [0.2, 0.25) is 0 Å². The monoisotopic (exact) mass is 287 g/mol. The highest BCUT2D eigenvalue weighted by atomic mass is 32.1. The number of fused-ring (bicyclic) bond motifs is 1. The summed E-state index contributed by atoms with van der Waals surface area (Å²) in [5, 5.41) is 12.1. The Kier molecular flexibility index (Phi) is 3.49. The molecule has 0 saturated carbocycles. The minimum absolute atomic E-state index is 0.0132. The van der Waals surface area contributed by atoms with E-state index in [1.165, 1.54) is 11.3 Å². The molecule has 0 radical (unpaired) electrons. The van der Waals surface area contributed by atoms with Crippen molar-refractivity contribution >= 4 is 22.9 Å². The first-order chi connectivity index (χ1) is 9.72. The van der Waals surface area contributed by atoms with Crippen molar-refractivity contribution in [3.05, 3.63) is 45.6 Å². The Bertz CT molecular complexity index is 648. The molecule has 0 aliphatic carbocycles. The first kappa shape index (κ1) is 13.2. The average Bonchev–Trinajstić information content (AvgIpc) is 2.94. The molecule has 3 nitrogen and oxygen atoms in total. The predicted molar refractivity (Wildman–Crippen MR) is 81.8 cm³/mol. The van der Waals surface area contributed by atoms with Crippen LogP contribution in [0.25, 0.3) is 0 Å². The predicted octanol–water partition coefficient (Wildman–Crippen LogP) is 3.61. The van der Waals surface area contributed by atoms with Crippen molar-refractivity contribution in [2.24, 2.45) is 0 Å². The molecular formula is C16H17NO2S. The van der Waals surface area contributed by atoms with Gasteiger partial charge in [-0.2, -0.15) is 0 Å². The molecule has 1 aliphatic rings. The van der Waals surface area contributed by atoms with Gasteiger partial charge in [0.1, 0.15) is 5.75 Å². The molecular weight excluding hydrogens is 270 g/mol. The van der Waals surface area contributed by atoms with Crippen LogP contribution in [-0.2, 0) is 12.8 Å². The third kappa shape index (κ3) is 2.10. The van der Waals surface area contributed by atoms with Crippen LogP contribution in [0.3, 0.4) is 0 Å². The number of benzene rings is 1. The van der Waals surface area contributed by atoms with E-state index in [9.17, 15) is 9.90 Å². The van der Waals surface area contributed by atoms with Gasteiger partial charge in [0.2, 0.25) is 0 Å².